The number of carboxylic acids is 1. The average Bonchev–Trinajstić information content (AvgIpc) is 2.37. The van der Waals surface area contributed by atoms with Crippen LogP contribution < -0.4 is 5.11 Å². The van der Waals surface area contributed by atoms with Crippen LogP contribution in [0.15, 0.2) is 29.2 Å². The Morgan fingerprint density at radius 2 is 1.70 bits per heavy atom. The Hall–Kier alpha value is -1.44. The largest absolute Gasteiger partial charge is 0.545 e. The second-order valence-corrected chi connectivity index (χ2v) is 6.83. The van der Waals surface area contributed by atoms with Crippen LogP contribution in [0, 0.1) is 0 Å². The van der Waals surface area contributed by atoms with E-state index < -0.39 is 16.0 Å². The Labute approximate surface area is 118 Å². The van der Waals surface area contributed by atoms with Crippen LogP contribution in [0.3, 0.4) is 0 Å². The van der Waals surface area contributed by atoms with Crippen molar-refractivity contribution in [2.24, 2.45) is 0 Å². The molecule has 1 aromatic carbocycles. The SMILES string of the molecule is C[C@H]1CN(S(=O)(=O)c2ccc(C(=O)[O-])cc2)C[C@H](C)O1. The van der Waals surface area contributed by atoms with Crippen molar-refractivity contribution in [3.05, 3.63) is 29.8 Å². The fourth-order valence-corrected chi connectivity index (χ4v) is 3.83. The molecule has 0 unspecified atom stereocenters. The van der Waals surface area contributed by atoms with E-state index in [4.69, 9.17) is 4.74 Å². The summed E-state index contributed by atoms with van der Waals surface area (Å²) in [7, 11) is -3.63. The third kappa shape index (κ3) is 3.00. The first kappa shape index (κ1) is 15.0. The van der Waals surface area contributed by atoms with Crippen molar-refractivity contribution < 1.29 is 23.1 Å². The van der Waals surface area contributed by atoms with Crippen molar-refractivity contribution in [1.29, 1.82) is 0 Å². The quantitative estimate of drug-likeness (QED) is 0.774. The van der Waals surface area contributed by atoms with Crippen LogP contribution in [-0.4, -0.2) is 44.0 Å². The van der Waals surface area contributed by atoms with E-state index in [2.05, 4.69) is 0 Å². The molecule has 6 nitrogen and oxygen atoms in total. The molecule has 1 saturated heterocycles. The number of rotatable bonds is 3. The summed E-state index contributed by atoms with van der Waals surface area (Å²) in [6.07, 6.45) is -0.341. The predicted octanol–water partition coefficient (Wildman–Crippen LogP) is -0.152. The molecule has 2 atom stereocenters. The van der Waals surface area contributed by atoms with E-state index >= 15 is 0 Å². The summed E-state index contributed by atoms with van der Waals surface area (Å²) in [4.78, 5) is 10.7. The van der Waals surface area contributed by atoms with Crippen LogP contribution in [0.25, 0.3) is 0 Å². The summed E-state index contributed by atoms with van der Waals surface area (Å²) in [6.45, 7) is 4.21. The minimum atomic E-state index is -3.63. The number of hydrogen-bond donors (Lipinski definition) is 0. The fourth-order valence-electron chi connectivity index (χ4n) is 2.24. The molecule has 1 heterocycles. The zero-order valence-corrected chi connectivity index (χ0v) is 12.1. The van der Waals surface area contributed by atoms with Gasteiger partial charge in [-0.1, -0.05) is 12.1 Å². The summed E-state index contributed by atoms with van der Waals surface area (Å²) in [6, 6.07) is 5.03. The number of benzene rings is 1. The number of nitrogens with zero attached hydrogens (tertiary/aromatic N) is 1. The normalized spacial score (nSPS) is 24.5. The molecule has 0 bridgehead atoms. The van der Waals surface area contributed by atoms with Crippen molar-refractivity contribution >= 4 is 16.0 Å². The first-order valence-electron chi connectivity index (χ1n) is 6.27. The number of ether oxygens (including phenoxy) is 1. The highest BCUT2D eigenvalue weighted by Crippen LogP contribution is 2.21. The van der Waals surface area contributed by atoms with Gasteiger partial charge in [0.1, 0.15) is 0 Å². The van der Waals surface area contributed by atoms with Crippen LogP contribution in [0.5, 0.6) is 0 Å². The van der Waals surface area contributed by atoms with Crippen molar-refractivity contribution in [3.8, 4) is 0 Å². The zero-order valence-electron chi connectivity index (χ0n) is 11.3. The Bertz CT molecular complexity index is 586. The van der Waals surface area contributed by atoms with Gasteiger partial charge in [-0.15, -0.1) is 0 Å². The van der Waals surface area contributed by atoms with Crippen LogP contribution in [0.1, 0.15) is 24.2 Å². The minimum Gasteiger partial charge on any atom is -0.545 e. The highest BCUT2D eigenvalue weighted by atomic mass is 32.2. The Balaban J connectivity index is 2.27. The molecular formula is C13H16NO5S-. The molecule has 7 heteroatoms. The summed E-state index contributed by atoms with van der Waals surface area (Å²) < 4.78 is 31.8. The molecule has 1 aromatic rings. The van der Waals surface area contributed by atoms with E-state index in [0.717, 1.165) is 0 Å². The van der Waals surface area contributed by atoms with Gasteiger partial charge in [-0.2, -0.15) is 4.31 Å². The summed E-state index contributed by atoms with van der Waals surface area (Å²) in [5.74, 6) is -1.33. The lowest BCUT2D eigenvalue weighted by Crippen LogP contribution is -2.48. The van der Waals surface area contributed by atoms with Gasteiger partial charge >= 0.3 is 0 Å². The predicted molar refractivity (Wildman–Crippen MR) is 69.5 cm³/mol. The molecule has 0 N–H and O–H groups in total. The van der Waals surface area contributed by atoms with Crippen molar-refractivity contribution in [2.45, 2.75) is 31.0 Å². The first-order valence-corrected chi connectivity index (χ1v) is 7.71. The number of carboxylic acid groups (broad SMARTS) is 1. The fraction of sp³-hybridized carbons (Fsp3) is 0.462. The third-order valence-electron chi connectivity index (χ3n) is 3.11. The second-order valence-electron chi connectivity index (χ2n) is 4.89. The maximum Gasteiger partial charge on any atom is 0.243 e. The van der Waals surface area contributed by atoms with Gasteiger partial charge in [-0.25, -0.2) is 8.42 Å². The number of sulfonamides is 1. The van der Waals surface area contributed by atoms with Crippen LogP contribution in [-0.2, 0) is 14.8 Å². The number of carbonyl (C=O) groups is 1. The van der Waals surface area contributed by atoms with E-state index in [0.29, 0.717) is 0 Å². The minimum absolute atomic E-state index is 0.0485. The summed E-state index contributed by atoms with van der Waals surface area (Å²) >= 11 is 0. The summed E-state index contributed by atoms with van der Waals surface area (Å²) in [5.41, 5.74) is -0.0485. The molecule has 0 spiro atoms. The average molecular weight is 298 g/mol. The molecular weight excluding hydrogens is 282 g/mol. The maximum atomic E-state index is 12.5. The molecule has 0 radical (unpaired) electrons. The monoisotopic (exact) mass is 298 g/mol. The van der Waals surface area contributed by atoms with E-state index in [1.807, 2.05) is 13.8 Å². The number of morpholine rings is 1. The molecule has 110 valence electrons. The van der Waals surface area contributed by atoms with Gasteiger partial charge in [0.25, 0.3) is 0 Å². The molecule has 0 amide bonds. The Morgan fingerprint density at radius 3 is 2.15 bits per heavy atom. The van der Waals surface area contributed by atoms with Gasteiger partial charge in [0.05, 0.1) is 23.1 Å². The van der Waals surface area contributed by atoms with E-state index in [1.54, 1.807) is 0 Å². The van der Waals surface area contributed by atoms with E-state index in [9.17, 15) is 18.3 Å². The lowest BCUT2D eigenvalue weighted by molar-refractivity contribution is -0.255. The number of aromatic carboxylic acids is 1. The number of carbonyl (C=O) groups excluding carboxylic acids is 1. The van der Waals surface area contributed by atoms with Gasteiger partial charge in [-0.3, -0.25) is 0 Å². The maximum absolute atomic E-state index is 12.5. The molecule has 1 aliphatic rings. The topological polar surface area (TPSA) is 86.7 Å². The van der Waals surface area contributed by atoms with Crippen molar-refractivity contribution in [2.75, 3.05) is 13.1 Å². The van der Waals surface area contributed by atoms with Crippen LogP contribution in [0.4, 0.5) is 0 Å². The molecule has 1 fully saturated rings. The standard InChI is InChI=1S/C13H17NO5S/c1-9-7-14(8-10(2)19-9)20(17,18)12-5-3-11(4-6-12)13(15)16/h3-6,9-10H,7-8H2,1-2H3,(H,15,16)/p-1/t9-,10-/m0/s1. The van der Waals surface area contributed by atoms with E-state index in [1.165, 1.54) is 28.6 Å². The van der Waals surface area contributed by atoms with Gasteiger partial charge in [0.15, 0.2) is 0 Å². The highest BCUT2D eigenvalue weighted by Gasteiger charge is 2.32. The van der Waals surface area contributed by atoms with Gasteiger partial charge in [0, 0.05) is 13.1 Å². The first-order chi connectivity index (χ1) is 9.30. The molecule has 0 aromatic heterocycles. The Morgan fingerprint density at radius 1 is 1.20 bits per heavy atom. The second kappa shape index (κ2) is 5.51. The van der Waals surface area contributed by atoms with Crippen molar-refractivity contribution in [1.82, 2.24) is 4.31 Å². The zero-order chi connectivity index (χ0) is 14.9. The van der Waals surface area contributed by atoms with Gasteiger partial charge in [0.2, 0.25) is 10.0 Å². The molecule has 0 aliphatic carbocycles. The van der Waals surface area contributed by atoms with Crippen molar-refractivity contribution in [3.63, 3.8) is 0 Å². The van der Waals surface area contributed by atoms with Gasteiger partial charge < -0.3 is 14.6 Å². The van der Waals surface area contributed by atoms with Crippen LogP contribution in [0.2, 0.25) is 0 Å². The molecule has 2 rings (SSSR count). The lowest BCUT2D eigenvalue weighted by atomic mass is 10.2. The molecule has 1 aliphatic heterocycles. The molecule has 0 saturated carbocycles. The smallest absolute Gasteiger partial charge is 0.243 e. The van der Waals surface area contributed by atoms with Crippen LogP contribution >= 0.6 is 0 Å². The lowest BCUT2D eigenvalue weighted by Gasteiger charge is -2.34. The number of hydrogen-bond acceptors (Lipinski definition) is 5. The van der Waals surface area contributed by atoms with Gasteiger partial charge in [-0.05, 0) is 31.5 Å². The Kier molecular flexibility index (Phi) is 4.12. The summed E-state index contributed by atoms with van der Waals surface area (Å²) in [5, 5.41) is 10.7. The highest BCUT2D eigenvalue weighted by molar-refractivity contribution is 7.89. The molecule has 20 heavy (non-hydrogen) atoms. The van der Waals surface area contributed by atoms with E-state index in [-0.39, 0.29) is 35.8 Å². The third-order valence-corrected chi connectivity index (χ3v) is 4.96.